The van der Waals surface area contributed by atoms with Crippen molar-refractivity contribution < 1.29 is 0 Å². The Morgan fingerprint density at radius 2 is 2.50 bits per heavy atom. The van der Waals surface area contributed by atoms with Crippen molar-refractivity contribution in [3.8, 4) is 0 Å². The molecule has 1 aliphatic carbocycles. The Kier molecular flexibility index (Phi) is 2.51. The molecule has 0 amide bonds. The number of rotatable bonds is 3. The van der Waals surface area contributed by atoms with Crippen LogP contribution in [-0.2, 0) is 6.42 Å². The van der Waals surface area contributed by atoms with E-state index in [0.29, 0.717) is 4.83 Å². The van der Waals surface area contributed by atoms with Crippen molar-refractivity contribution >= 4 is 27.3 Å². The van der Waals surface area contributed by atoms with Gasteiger partial charge in [-0.25, -0.2) is 4.98 Å². The van der Waals surface area contributed by atoms with Gasteiger partial charge in [0.2, 0.25) is 0 Å². The van der Waals surface area contributed by atoms with Gasteiger partial charge in [0.05, 0.1) is 11.2 Å². The number of alkyl halides is 1. The molecule has 2 rings (SSSR count). The quantitative estimate of drug-likeness (QED) is 0.745. The first-order valence-corrected chi connectivity index (χ1v) is 6.13. The van der Waals surface area contributed by atoms with E-state index in [1.165, 1.54) is 23.4 Å². The van der Waals surface area contributed by atoms with Crippen molar-refractivity contribution in [2.45, 2.75) is 36.9 Å². The number of thiazole rings is 1. The third-order valence-electron chi connectivity index (χ3n) is 2.10. The Morgan fingerprint density at radius 3 is 3.08 bits per heavy atom. The summed E-state index contributed by atoms with van der Waals surface area (Å²) in [5.74, 6) is 0.803. The number of hydrogen-bond donors (Lipinski definition) is 0. The van der Waals surface area contributed by atoms with Crippen LogP contribution in [0.2, 0.25) is 0 Å². The van der Waals surface area contributed by atoms with E-state index in [4.69, 9.17) is 0 Å². The second-order valence-corrected chi connectivity index (χ2v) is 5.92. The molecule has 66 valence electrons. The van der Waals surface area contributed by atoms with Crippen molar-refractivity contribution in [1.82, 2.24) is 4.98 Å². The Labute approximate surface area is 85.3 Å². The molecule has 1 saturated carbocycles. The Hall–Kier alpha value is 0.110. The first-order valence-electron chi connectivity index (χ1n) is 4.33. The minimum atomic E-state index is 0.579. The third kappa shape index (κ3) is 1.88. The second-order valence-electron chi connectivity index (χ2n) is 3.42. The maximum absolute atomic E-state index is 4.43. The molecule has 1 heterocycles. The molecule has 0 spiro atoms. The summed E-state index contributed by atoms with van der Waals surface area (Å²) in [4.78, 5) is 6.50. The first-order chi connectivity index (χ1) is 5.77. The molecule has 1 fully saturated rings. The molecule has 0 aliphatic heterocycles. The zero-order valence-electron chi connectivity index (χ0n) is 7.09. The van der Waals surface area contributed by atoms with Crippen LogP contribution in [0.3, 0.4) is 0 Å². The first kappa shape index (κ1) is 8.70. The zero-order valence-corrected chi connectivity index (χ0v) is 9.49. The standard InChI is InChI=1S/C9H12BrNS/c1-6(10)4-8-9(7-2-3-7)11-5-12-8/h5-7H,2-4H2,1H3. The molecule has 1 aromatic heterocycles. The van der Waals surface area contributed by atoms with Gasteiger partial charge in [-0.1, -0.05) is 22.9 Å². The van der Waals surface area contributed by atoms with Gasteiger partial charge in [0, 0.05) is 15.6 Å². The van der Waals surface area contributed by atoms with E-state index in [1.807, 2.05) is 5.51 Å². The lowest BCUT2D eigenvalue weighted by Gasteiger charge is -2.01. The van der Waals surface area contributed by atoms with Gasteiger partial charge in [0.25, 0.3) is 0 Å². The molecule has 0 bridgehead atoms. The molecule has 0 saturated heterocycles. The summed E-state index contributed by atoms with van der Waals surface area (Å²) in [5.41, 5.74) is 3.37. The fraction of sp³-hybridized carbons (Fsp3) is 0.667. The van der Waals surface area contributed by atoms with Crippen molar-refractivity contribution in [3.63, 3.8) is 0 Å². The monoisotopic (exact) mass is 245 g/mol. The van der Waals surface area contributed by atoms with E-state index in [0.717, 1.165) is 12.3 Å². The van der Waals surface area contributed by atoms with E-state index in [9.17, 15) is 0 Å². The molecule has 0 N–H and O–H groups in total. The predicted molar refractivity (Wildman–Crippen MR) is 56.2 cm³/mol. The molecule has 3 heteroatoms. The number of hydrogen-bond acceptors (Lipinski definition) is 2. The second kappa shape index (κ2) is 3.46. The van der Waals surface area contributed by atoms with Crippen LogP contribution in [0.1, 0.15) is 36.3 Å². The van der Waals surface area contributed by atoms with Crippen molar-refractivity contribution in [2.24, 2.45) is 0 Å². The van der Waals surface area contributed by atoms with Crippen molar-refractivity contribution in [2.75, 3.05) is 0 Å². The lowest BCUT2D eigenvalue weighted by Crippen LogP contribution is -1.97. The SMILES string of the molecule is CC(Br)Cc1scnc1C1CC1. The van der Waals surface area contributed by atoms with Gasteiger partial charge < -0.3 is 0 Å². The summed E-state index contributed by atoms with van der Waals surface area (Å²) >= 11 is 5.38. The number of aromatic nitrogens is 1. The molecule has 1 aromatic rings. The fourth-order valence-corrected chi connectivity index (χ4v) is 2.90. The minimum absolute atomic E-state index is 0.579. The summed E-state index contributed by atoms with van der Waals surface area (Å²) in [5, 5.41) is 0. The highest BCUT2D eigenvalue weighted by Gasteiger charge is 2.28. The predicted octanol–water partition coefficient (Wildman–Crippen LogP) is 3.35. The molecule has 12 heavy (non-hydrogen) atoms. The fourth-order valence-electron chi connectivity index (χ4n) is 1.38. The van der Waals surface area contributed by atoms with Crippen molar-refractivity contribution in [3.05, 3.63) is 16.1 Å². The average molecular weight is 246 g/mol. The summed E-state index contributed by atoms with van der Waals surface area (Å²) in [7, 11) is 0. The highest BCUT2D eigenvalue weighted by atomic mass is 79.9. The maximum atomic E-state index is 4.43. The highest BCUT2D eigenvalue weighted by molar-refractivity contribution is 9.09. The smallest absolute Gasteiger partial charge is 0.0797 e. The molecule has 0 aromatic carbocycles. The van der Waals surface area contributed by atoms with Gasteiger partial charge in [-0.15, -0.1) is 11.3 Å². The van der Waals surface area contributed by atoms with Crippen LogP contribution in [-0.4, -0.2) is 9.81 Å². The average Bonchev–Trinajstić information content (AvgIpc) is 2.73. The van der Waals surface area contributed by atoms with Crippen LogP contribution in [0.15, 0.2) is 5.51 Å². The molecular weight excluding hydrogens is 234 g/mol. The summed E-state index contributed by atoms with van der Waals surface area (Å²) in [6, 6.07) is 0. The summed E-state index contributed by atoms with van der Waals surface area (Å²) in [6.07, 6.45) is 3.84. The van der Waals surface area contributed by atoms with Crippen LogP contribution in [0.4, 0.5) is 0 Å². The summed E-state index contributed by atoms with van der Waals surface area (Å²) in [6.45, 7) is 2.19. The molecule has 0 radical (unpaired) electrons. The van der Waals surface area contributed by atoms with Crippen LogP contribution in [0, 0.1) is 0 Å². The lowest BCUT2D eigenvalue weighted by atomic mass is 10.2. The van der Waals surface area contributed by atoms with Crippen molar-refractivity contribution in [1.29, 1.82) is 0 Å². The largest absolute Gasteiger partial charge is 0.249 e. The van der Waals surface area contributed by atoms with Gasteiger partial charge in [-0.05, 0) is 19.3 Å². The molecular formula is C9H12BrNS. The van der Waals surface area contributed by atoms with Gasteiger partial charge in [0.1, 0.15) is 0 Å². The topological polar surface area (TPSA) is 12.9 Å². The minimum Gasteiger partial charge on any atom is -0.249 e. The zero-order chi connectivity index (χ0) is 8.55. The Balaban J connectivity index is 2.13. The van der Waals surface area contributed by atoms with Gasteiger partial charge in [-0.3, -0.25) is 0 Å². The van der Waals surface area contributed by atoms with Crippen LogP contribution in [0.25, 0.3) is 0 Å². The Morgan fingerprint density at radius 1 is 1.75 bits per heavy atom. The van der Waals surface area contributed by atoms with E-state index >= 15 is 0 Å². The normalized spacial score (nSPS) is 19.5. The third-order valence-corrected chi connectivity index (χ3v) is 3.30. The van der Waals surface area contributed by atoms with E-state index in [1.54, 1.807) is 11.3 Å². The maximum Gasteiger partial charge on any atom is 0.0797 e. The van der Waals surface area contributed by atoms with Crippen LogP contribution in [0.5, 0.6) is 0 Å². The van der Waals surface area contributed by atoms with E-state index < -0.39 is 0 Å². The van der Waals surface area contributed by atoms with E-state index in [2.05, 4.69) is 27.8 Å². The number of nitrogens with zero attached hydrogens (tertiary/aromatic N) is 1. The highest BCUT2D eigenvalue weighted by Crippen LogP contribution is 2.42. The molecule has 1 aliphatic rings. The van der Waals surface area contributed by atoms with Crippen LogP contribution >= 0.6 is 27.3 Å². The van der Waals surface area contributed by atoms with Crippen LogP contribution < -0.4 is 0 Å². The van der Waals surface area contributed by atoms with E-state index in [-0.39, 0.29) is 0 Å². The summed E-state index contributed by atoms with van der Waals surface area (Å²) < 4.78 is 0. The van der Waals surface area contributed by atoms with Gasteiger partial charge in [-0.2, -0.15) is 0 Å². The van der Waals surface area contributed by atoms with Gasteiger partial charge >= 0.3 is 0 Å². The molecule has 1 nitrogen and oxygen atoms in total. The molecule has 1 unspecified atom stereocenters. The number of halogens is 1. The molecule has 1 atom stereocenters. The Bertz CT molecular complexity index is 265. The van der Waals surface area contributed by atoms with Gasteiger partial charge in [0.15, 0.2) is 0 Å². The lowest BCUT2D eigenvalue weighted by molar-refractivity contribution is 0.928.